The van der Waals surface area contributed by atoms with E-state index in [-0.39, 0.29) is 18.0 Å². The van der Waals surface area contributed by atoms with Crippen molar-refractivity contribution in [3.05, 3.63) is 66.0 Å². The quantitative estimate of drug-likeness (QED) is 0.541. The van der Waals surface area contributed by atoms with E-state index in [0.29, 0.717) is 17.0 Å². The van der Waals surface area contributed by atoms with Crippen LogP contribution >= 0.6 is 0 Å². The number of nitrogens with one attached hydrogen (secondary N) is 2. The van der Waals surface area contributed by atoms with Crippen molar-refractivity contribution in [2.75, 3.05) is 5.32 Å². The number of anilines is 1. The molecule has 0 aliphatic rings. The summed E-state index contributed by atoms with van der Waals surface area (Å²) in [6, 6.07) is 13.6. The average Bonchev–Trinajstić information content (AvgIpc) is 3.04. The van der Waals surface area contributed by atoms with Gasteiger partial charge >= 0.3 is 6.03 Å². The topological polar surface area (TPSA) is 136 Å². The molecular formula is C18H17N5O3. The standard InChI is InChI=1S/C18H17N5O3/c19-16(24)13-9-14(22-17(13)23-18(20)25)12-6-1-2-7-15(12)26-10-11-5-3-4-8-21-11/h1-9,22H,10H2,(H2,19,24)(H3,20,23,25). The van der Waals surface area contributed by atoms with E-state index in [4.69, 9.17) is 16.2 Å². The van der Waals surface area contributed by atoms with Crippen LogP contribution in [0.2, 0.25) is 0 Å². The van der Waals surface area contributed by atoms with E-state index in [1.54, 1.807) is 12.3 Å². The van der Waals surface area contributed by atoms with Gasteiger partial charge in [-0.15, -0.1) is 0 Å². The van der Waals surface area contributed by atoms with Gasteiger partial charge in [-0.3, -0.25) is 15.1 Å². The van der Waals surface area contributed by atoms with Crippen LogP contribution in [-0.4, -0.2) is 21.9 Å². The van der Waals surface area contributed by atoms with E-state index < -0.39 is 11.9 Å². The van der Waals surface area contributed by atoms with Crippen LogP contribution in [0, 0.1) is 0 Å². The maximum Gasteiger partial charge on any atom is 0.317 e. The molecule has 0 saturated carbocycles. The summed E-state index contributed by atoms with van der Waals surface area (Å²) in [5.41, 5.74) is 12.6. The van der Waals surface area contributed by atoms with Crippen LogP contribution in [0.15, 0.2) is 54.7 Å². The molecule has 2 heterocycles. The van der Waals surface area contributed by atoms with E-state index in [0.717, 1.165) is 5.69 Å². The predicted octanol–water partition coefficient (Wildman–Crippen LogP) is 2.25. The molecule has 1 aromatic carbocycles. The lowest BCUT2D eigenvalue weighted by Gasteiger charge is -2.10. The second-order valence-corrected chi connectivity index (χ2v) is 5.43. The summed E-state index contributed by atoms with van der Waals surface area (Å²) in [6.07, 6.45) is 1.69. The molecule has 6 N–H and O–H groups in total. The first-order valence-corrected chi connectivity index (χ1v) is 7.76. The molecule has 0 saturated heterocycles. The zero-order valence-electron chi connectivity index (χ0n) is 13.7. The highest BCUT2D eigenvalue weighted by molar-refractivity contribution is 6.03. The van der Waals surface area contributed by atoms with Crippen molar-refractivity contribution in [3.63, 3.8) is 0 Å². The first-order chi connectivity index (χ1) is 12.5. The molecule has 0 atom stereocenters. The summed E-state index contributed by atoms with van der Waals surface area (Å²) in [4.78, 5) is 29.9. The third-order valence-electron chi connectivity index (χ3n) is 3.61. The second kappa shape index (κ2) is 7.39. The lowest BCUT2D eigenvalue weighted by atomic mass is 10.1. The Bertz CT molecular complexity index is 937. The van der Waals surface area contributed by atoms with Crippen LogP contribution in [0.1, 0.15) is 16.1 Å². The molecule has 0 aliphatic heterocycles. The Morgan fingerprint density at radius 3 is 2.58 bits per heavy atom. The fourth-order valence-corrected chi connectivity index (χ4v) is 2.47. The Kier molecular flexibility index (Phi) is 4.84. The highest BCUT2D eigenvalue weighted by Crippen LogP contribution is 2.32. The van der Waals surface area contributed by atoms with Crippen LogP contribution in [0.3, 0.4) is 0 Å². The van der Waals surface area contributed by atoms with Gasteiger partial charge in [-0.1, -0.05) is 18.2 Å². The minimum atomic E-state index is -0.805. The Morgan fingerprint density at radius 2 is 1.88 bits per heavy atom. The van der Waals surface area contributed by atoms with Crippen LogP contribution in [0.4, 0.5) is 10.6 Å². The van der Waals surface area contributed by atoms with Gasteiger partial charge in [-0.25, -0.2) is 4.79 Å². The Labute approximate surface area is 149 Å². The maximum absolute atomic E-state index is 11.6. The summed E-state index contributed by atoms with van der Waals surface area (Å²) >= 11 is 0. The van der Waals surface area contributed by atoms with Crippen LogP contribution in [-0.2, 0) is 6.61 Å². The maximum atomic E-state index is 11.6. The number of urea groups is 1. The first kappa shape index (κ1) is 17.0. The van der Waals surface area contributed by atoms with Crippen LogP contribution in [0.25, 0.3) is 11.3 Å². The van der Waals surface area contributed by atoms with Gasteiger partial charge in [0.05, 0.1) is 17.0 Å². The van der Waals surface area contributed by atoms with Crippen molar-refractivity contribution in [1.82, 2.24) is 9.97 Å². The fourth-order valence-electron chi connectivity index (χ4n) is 2.47. The molecule has 0 unspecified atom stereocenters. The number of H-pyrrole nitrogens is 1. The zero-order valence-corrected chi connectivity index (χ0v) is 13.7. The number of primary amides is 2. The first-order valence-electron chi connectivity index (χ1n) is 7.76. The van der Waals surface area contributed by atoms with E-state index in [1.807, 2.05) is 36.4 Å². The molecule has 0 radical (unpaired) electrons. The minimum absolute atomic E-state index is 0.123. The zero-order chi connectivity index (χ0) is 18.5. The molecular weight excluding hydrogens is 334 g/mol. The number of nitrogens with two attached hydrogens (primary N) is 2. The summed E-state index contributed by atoms with van der Waals surface area (Å²) < 4.78 is 5.86. The van der Waals surface area contributed by atoms with Crippen molar-refractivity contribution in [1.29, 1.82) is 0 Å². The van der Waals surface area contributed by atoms with Gasteiger partial charge in [0.15, 0.2) is 0 Å². The van der Waals surface area contributed by atoms with E-state index in [1.165, 1.54) is 6.07 Å². The molecule has 0 aliphatic carbocycles. The molecule has 0 bridgehead atoms. The normalized spacial score (nSPS) is 10.3. The largest absolute Gasteiger partial charge is 0.487 e. The summed E-state index contributed by atoms with van der Waals surface area (Å²) in [5, 5.41) is 2.35. The highest BCUT2D eigenvalue weighted by Gasteiger charge is 2.17. The average molecular weight is 351 g/mol. The number of carbonyl (C=O) groups is 2. The minimum Gasteiger partial charge on any atom is -0.487 e. The number of rotatable bonds is 6. The molecule has 0 spiro atoms. The monoisotopic (exact) mass is 351 g/mol. The number of aromatic amines is 1. The molecule has 3 rings (SSSR count). The van der Waals surface area contributed by atoms with Gasteiger partial charge in [-0.2, -0.15) is 0 Å². The number of carbonyl (C=O) groups excluding carboxylic acids is 2. The molecule has 2 aromatic heterocycles. The van der Waals surface area contributed by atoms with Gasteiger partial charge in [0, 0.05) is 11.8 Å². The van der Waals surface area contributed by atoms with Gasteiger partial charge in [0.2, 0.25) is 0 Å². The van der Waals surface area contributed by atoms with Gasteiger partial charge < -0.3 is 21.2 Å². The summed E-state index contributed by atoms with van der Waals surface area (Å²) in [6.45, 7) is 0.285. The summed E-state index contributed by atoms with van der Waals surface area (Å²) in [7, 11) is 0. The van der Waals surface area contributed by atoms with E-state index >= 15 is 0 Å². The van der Waals surface area contributed by atoms with Crippen molar-refractivity contribution in [2.45, 2.75) is 6.61 Å². The number of amides is 3. The molecule has 26 heavy (non-hydrogen) atoms. The number of nitrogens with zero attached hydrogens (tertiary/aromatic N) is 1. The molecule has 3 amide bonds. The summed E-state index contributed by atoms with van der Waals surface area (Å²) in [5.74, 6) is 0.0312. The van der Waals surface area contributed by atoms with Gasteiger partial charge in [0.1, 0.15) is 18.2 Å². The Morgan fingerprint density at radius 1 is 1.12 bits per heavy atom. The van der Waals surface area contributed by atoms with Crippen LogP contribution < -0.4 is 21.5 Å². The molecule has 8 heteroatoms. The predicted molar refractivity (Wildman–Crippen MR) is 96.5 cm³/mol. The number of hydrogen-bond acceptors (Lipinski definition) is 4. The smallest absolute Gasteiger partial charge is 0.317 e. The van der Waals surface area contributed by atoms with Crippen molar-refractivity contribution < 1.29 is 14.3 Å². The van der Waals surface area contributed by atoms with Gasteiger partial charge in [-0.05, 0) is 30.3 Å². The molecule has 132 valence electrons. The van der Waals surface area contributed by atoms with Gasteiger partial charge in [0.25, 0.3) is 5.91 Å². The highest BCUT2D eigenvalue weighted by atomic mass is 16.5. The Hall–Kier alpha value is -3.81. The Balaban J connectivity index is 1.92. The number of benzene rings is 1. The molecule has 3 aromatic rings. The van der Waals surface area contributed by atoms with Crippen molar-refractivity contribution >= 4 is 17.8 Å². The fraction of sp³-hybridized carbons (Fsp3) is 0.0556. The number of para-hydroxylation sites is 1. The third-order valence-corrected chi connectivity index (χ3v) is 3.61. The lowest BCUT2D eigenvalue weighted by molar-refractivity contribution is 0.100. The van der Waals surface area contributed by atoms with Crippen LogP contribution in [0.5, 0.6) is 5.75 Å². The second-order valence-electron chi connectivity index (χ2n) is 5.43. The molecule has 8 nitrogen and oxygen atoms in total. The SMILES string of the molecule is NC(=O)Nc1[nH]c(-c2ccccc2OCc2ccccn2)cc1C(N)=O. The van der Waals surface area contributed by atoms with E-state index in [9.17, 15) is 9.59 Å². The van der Waals surface area contributed by atoms with Crippen molar-refractivity contribution in [2.24, 2.45) is 11.5 Å². The van der Waals surface area contributed by atoms with Crippen molar-refractivity contribution in [3.8, 4) is 17.0 Å². The van der Waals surface area contributed by atoms with E-state index in [2.05, 4.69) is 15.3 Å². The number of aromatic nitrogens is 2. The number of pyridine rings is 1. The third kappa shape index (κ3) is 3.81. The number of hydrogen-bond donors (Lipinski definition) is 4. The number of ether oxygens (including phenoxy) is 1. The lowest BCUT2D eigenvalue weighted by Crippen LogP contribution is -2.22. The molecule has 0 fully saturated rings.